The standard InChI is InChI=1S/C12H11NO3/c1-13(2)12-10(15)8-6-4-3-5-7(8)9(14)11(12)16-12/h3-6,11H,1-2H3. The van der Waals surface area contributed by atoms with Gasteiger partial charge in [-0.25, -0.2) is 0 Å². The van der Waals surface area contributed by atoms with Crippen molar-refractivity contribution in [2.24, 2.45) is 0 Å². The van der Waals surface area contributed by atoms with Crippen molar-refractivity contribution in [2.75, 3.05) is 14.1 Å². The van der Waals surface area contributed by atoms with Crippen LogP contribution in [0.1, 0.15) is 20.7 Å². The lowest BCUT2D eigenvalue weighted by molar-refractivity contribution is 0.0653. The van der Waals surface area contributed by atoms with Crippen LogP contribution in [0.25, 0.3) is 0 Å². The van der Waals surface area contributed by atoms with Gasteiger partial charge < -0.3 is 4.74 Å². The number of ketones is 2. The van der Waals surface area contributed by atoms with Gasteiger partial charge in [-0.05, 0) is 14.1 Å². The van der Waals surface area contributed by atoms with E-state index in [0.29, 0.717) is 11.1 Å². The summed E-state index contributed by atoms with van der Waals surface area (Å²) in [5.74, 6) is -0.207. The number of ether oxygens (including phenoxy) is 1. The summed E-state index contributed by atoms with van der Waals surface area (Å²) in [6, 6.07) is 6.88. The van der Waals surface area contributed by atoms with Gasteiger partial charge in [-0.2, -0.15) is 0 Å². The Hall–Kier alpha value is -1.52. The Balaban J connectivity index is 2.20. The average molecular weight is 217 g/mol. The molecule has 2 unspecified atom stereocenters. The van der Waals surface area contributed by atoms with Crippen molar-refractivity contribution >= 4 is 11.6 Å². The average Bonchev–Trinajstić information content (AvgIpc) is 3.03. The fourth-order valence-electron chi connectivity index (χ4n) is 2.32. The smallest absolute Gasteiger partial charge is 0.220 e. The molecule has 82 valence electrons. The van der Waals surface area contributed by atoms with Gasteiger partial charge in [0.2, 0.25) is 11.5 Å². The molecule has 0 radical (unpaired) electrons. The molecule has 1 aromatic rings. The third-order valence-electron chi connectivity index (χ3n) is 3.26. The molecule has 0 spiro atoms. The van der Waals surface area contributed by atoms with E-state index in [9.17, 15) is 9.59 Å². The Bertz CT molecular complexity index is 509. The number of Topliss-reactive ketones (excluding diaryl/α,β-unsaturated/α-hetero) is 2. The minimum Gasteiger partial charge on any atom is -0.333 e. The lowest BCUT2D eigenvalue weighted by Gasteiger charge is -2.23. The van der Waals surface area contributed by atoms with Crippen molar-refractivity contribution in [3.05, 3.63) is 35.4 Å². The Labute approximate surface area is 92.8 Å². The second kappa shape index (κ2) is 2.78. The van der Waals surface area contributed by atoms with E-state index in [0.717, 1.165) is 0 Å². The molecule has 3 rings (SSSR count). The van der Waals surface area contributed by atoms with Gasteiger partial charge in [0.05, 0.1) is 0 Å². The molecule has 1 saturated heterocycles. The number of hydrogen-bond donors (Lipinski definition) is 0. The molecule has 2 atom stereocenters. The summed E-state index contributed by atoms with van der Waals surface area (Å²) in [6.07, 6.45) is -0.620. The van der Waals surface area contributed by atoms with Crippen LogP contribution in [-0.4, -0.2) is 42.4 Å². The molecule has 1 aliphatic carbocycles. The Morgan fingerprint density at radius 3 is 2.44 bits per heavy atom. The second-order valence-corrected chi connectivity index (χ2v) is 4.33. The summed E-state index contributed by atoms with van der Waals surface area (Å²) in [5.41, 5.74) is -0.0896. The van der Waals surface area contributed by atoms with Crippen LogP contribution in [0.15, 0.2) is 24.3 Å². The number of hydrogen-bond acceptors (Lipinski definition) is 4. The third kappa shape index (κ3) is 0.911. The lowest BCUT2D eigenvalue weighted by Crippen LogP contribution is -2.46. The minimum atomic E-state index is -1.04. The van der Waals surface area contributed by atoms with E-state index in [1.54, 1.807) is 43.3 Å². The highest BCUT2D eigenvalue weighted by atomic mass is 16.6. The first-order valence-electron chi connectivity index (χ1n) is 5.12. The highest BCUT2D eigenvalue weighted by Gasteiger charge is 2.70. The molecule has 0 N–H and O–H groups in total. The number of nitrogens with zero attached hydrogens (tertiary/aromatic N) is 1. The van der Waals surface area contributed by atoms with Crippen LogP contribution in [0.2, 0.25) is 0 Å². The zero-order valence-electron chi connectivity index (χ0n) is 9.06. The summed E-state index contributed by atoms with van der Waals surface area (Å²) < 4.78 is 5.36. The number of benzene rings is 1. The summed E-state index contributed by atoms with van der Waals surface area (Å²) in [4.78, 5) is 25.9. The fourth-order valence-corrected chi connectivity index (χ4v) is 2.32. The normalized spacial score (nSPS) is 31.3. The molecule has 0 aromatic heterocycles. The quantitative estimate of drug-likeness (QED) is 0.650. The molecule has 2 aliphatic rings. The monoisotopic (exact) mass is 217 g/mol. The molecule has 4 heteroatoms. The molecule has 1 aliphatic heterocycles. The first-order valence-corrected chi connectivity index (χ1v) is 5.12. The van der Waals surface area contributed by atoms with Gasteiger partial charge in [0.25, 0.3) is 0 Å². The van der Waals surface area contributed by atoms with E-state index in [4.69, 9.17) is 4.74 Å². The summed E-state index contributed by atoms with van der Waals surface area (Å²) >= 11 is 0. The van der Waals surface area contributed by atoms with Gasteiger partial charge in [-0.15, -0.1) is 0 Å². The van der Waals surface area contributed by atoms with Crippen LogP contribution in [0.5, 0.6) is 0 Å². The molecule has 1 fully saturated rings. The molecule has 1 aromatic carbocycles. The number of fused-ring (bicyclic) bond motifs is 2. The van der Waals surface area contributed by atoms with Crippen LogP contribution >= 0.6 is 0 Å². The van der Waals surface area contributed by atoms with Gasteiger partial charge in [-0.3, -0.25) is 14.5 Å². The van der Waals surface area contributed by atoms with Gasteiger partial charge in [-0.1, -0.05) is 24.3 Å². The highest BCUT2D eigenvalue weighted by Crippen LogP contribution is 2.47. The van der Waals surface area contributed by atoms with Crippen molar-refractivity contribution in [1.29, 1.82) is 0 Å². The first kappa shape index (κ1) is 9.69. The maximum atomic E-state index is 12.2. The molecule has 0 amide bonds. The van der Waals surface area contributed by atoms with Crippen molar-refractivity contribution in [3.8, 4) is 0 Å². The van der Waals surface area contributed by atoms with Gasteiger partial charge in [0.1, 0.15) is 0 Å². The maximum Gasteiger partial charge on any atom is 0.220 e. The molecule has 4 nitrogen and oxygen atoms in total. The number of carbonyl (C=O) groups is 2. The van der Waals surface area contributed by atoms with Crippen LogP contribution in [0.3, 0.4) is 0 Å². The molecule has 0 saturated carbocycles. The third-order valence-corrected chi connectivity index (χ3v) is 3.26. The molecular weight excluding hydrogens is 206 g/mol. The molecule has 16 heavy (non-hydrogen) atoms. The SMILES string of the molecule is CN(C)C12OC1C(=O)c1ccccc1C2=O. The summed E-state index contributed by atoms with van der Waals surface area (Å²) in [7, 11) is 3.50. The molecular formula is C12H11NO3. The number of carbonyl (C=O) groups excluding carboxylic acids is 2. The lowest BCUT2D eigenvalue weighted by atomic mass is 9.86. The summed E-state index contributed by atoms with van der Waals surface area (Å²) in [6.45, 7) is 0. The van der Waals surface area contributed by atoms with Gasteiger partial charge in [0, 0.05) is 11.1 Å². The van der Waals surface area contributed by atoms with E-state index in [2.05, 4.69) is 0 Å². The van der Waals surface area contributed by atoms with Crippen LogP contribution < -0.4 is 0 Å². The predicted octanol–water partition coefficient (Wildman–Crippen LogP) is 0.722. The van der Waals surface area contributed by atoms with Crippen molar-refractivity contribution in [1.82, 2.24) is 4.90 Å². The molecule has 1 heterocycles. The minimum absolute atomic E-state index is 0.0936. The molecule has 0 bridgehead atoms. The van der Waals surface area contributed by atoms with Crippen LogP contribution in [-0.2, 0) is 4.74 Å². The maximum absolute atomic E-state index is 12.2. The number of epoxide rings is 1. The summed E-state index contributed by atoms with van der Waals surface area (Å²) in [5, 5.41) is 0. The Morgan fingerprint density at radius 1 is 1.19 bits per heavy atom. The van der Waals surface area contributed by atoms with E-state index in [1.165, 1.54) is 0 Å². The largest absolute Gasteiger partial charge is 0.333 e. The van der Waals surface area contributed by atoms with Crippen molar-refractivity contribution in [3.63, 3.8) is 0 Å². The fraction of sp³-hybridized carbons (Fsp3) is 0.333. The van der Waals surface area contributed by atoms with E-state index in [1.807, 2.05) is 0 Å². The topological polar surface area (TPSA) is 49.9 Å². The van der Waals surface area contributed by atoms with Crippen LogP contribution in [0.4, 0.5) is 0 Å². The van der Waals surface area contributed by atoms with Gasteiger partial charge >= 0.3 is 0 Å². The van der Waals surface area contributed by atoms with E-state index in [-0.39, 0.29) is 11.6 Å². The zero-order valence-corrected chi connectivity index (χ0v) is 9.06. The van der Waals surface area contributed by atoms with E-state index >= 15 is 0 Å². The highest BCUT2D eigenvalue weighted by molar-refractivity contribution is 6.22. The predicted molar refractivity (Wildman–Crippen MR) is 56.4 cm³/mol. The Morgan fingerprint density at radius 2 is 1.81 bits per heavy atom. The zero-order chi connectivity index (χ0) is 11.5. The first-order chi connectivity index (χ1) is 7.59. The number of rotatable bonds is 1. The van der Waals surface area contributed by atoms with Crippen LogP contribution in [0, 0.1) is 0 Å². The van der Waals surface area contributed by atoms with Crippen molar-refractivity contribution in [2.45, 2.75) is 11.8 Å². The van der Waals surface area contributed by atoms with Gasteiger partial charge in [0.15, 0.2) is 11.9 Å². The van der Waals surface area contributed by atoms with E-state index < -0.39 is 11.8 Å². The second-order valence-electron chi connectivity index (χ2n) is 4.33. The number of likely N-dealkylation sites (N-methyl/N-ethyl adjacent to an activating group) is 1. The van der Waals surface area contributed by atoms with Crippen molar-refractivity contribution < 1.29 is 14.3 Å². The Kier molecular flexibility index (Phi) is 1.68.